The Kier molecular flexibility index (Phi) is 4.55. The number of sulfonamides is 1. The molecule has 0 aliphatic carbocycles. The molecule has 0 saturated heterocycles. The molecule has 1 heterocycles. The number of halogens is 1. The number of nitrogens with two attached hydrogens (primary N) is 1. The fraction of sp³-hybridized carbons (Fsp3) is 0.308. The van der Waals surface area contributed by atoms with Crippen LogP contribution in [0.25, 0.3) is 0 Å². The van der Waals surface area contributed by atoms with Gasteiger partial charge in [0, 0.05) is 25.4 Å². The largest absolute Gasteiger partial charge is 0.380 e. The van der Waals surface area contributed by atoms with Crippen LogP contribution < -0.4 is 10.5 Å². The summed E-state index contributed by atoms with van der Waals surface area (Å²) in [5, 5.41) is 13.0. The smallest absolute Gasteiger partial charge is 0.238 e. The number of rotatable bonds is 5. The fourth-order valence-electron chi connectivity index (χ4n) is 2.04. The predicted molar refractivity (Wildman–Crippen MR) is 82.7 cm³/mol. The predicted octanol–water partition coefficient (Wildman–Crippen LogP) is 1.90. The van der Waals surface area contributed by atoms with Gasteiger partial charge in [0.15, 0.2) is 0 Å². The number of benzene rings is 1. The maximum Gasteiger partial charge on any atom is 0.238 e. The third-order valence-electron chi connectivity index (χ3n) is 3.06. The molecule has 0 fully saturated rings. The van der Waals surface area contributed by atoms with Crippen molar-refractivity contribution in [3.8, 4) is 0 Å². The van der Waals surface area contributed by atoms with E-state index in [4.69, 9.17) is 16.7 Å². The number of aryl methyl sites for hydroxylation is 2. The summed E-state index contributed by atoms with van der Waals surface area (Å²) < 4.78 is 24.5. The summed E-state index contributed by atoms with van der Waals surface area (Å²) >= 11 is 6.07. The van der Waals surface area contributed by atoms with Crippen LogP contribution in [0.1, 0.15) is 18.2 Å². The Bertz CT molecular complexity index is 756. The van der Waals surface area contributed by atoms with Gasteiger partial charge in [0.25, 0.3) is 0 Å². The van der Waals surface area contributed by atoms with Gasteiger partial charge in [-0.2, -0.15) is 5.10 Å². The second-order valence-corrected chi connectivity index (χ2v) is 6.64. The first-order valence-electron chi connectivity index (χ1n) is 6.39. The van der Waals surface area contributed by atoms with Crippen LogP contribution in [0, 0.1) is 0 Å². The zero-order valence-corrected chi connectivity index (χ0v) is 13.4. The van der Waals surface area contributed by atoms with Crippen LogP contribution in [-0.4, -0.2) is 18.2 Å². The monoisotopic (exact) mass is 328 g/mol. The van der Waals surface area contributed by atoms with Crippen LogP contribution in [0.15, 0.2) is 29.3 Å². The van der Waals surface area contributed by atoms with E-state index in [1.165, 1.54) is 18.2 Å². The first-order chi connectivity index (χ1) is 9.81. The third kappa shape index (κ3) is 3.75. The second kappa shape index (κ2) is 6.05. The van der Waals surface area contributed by atoms with Gasteiger partial charge < -0.3 is 5.32 Å². The van der Waals surface area contributed by atoms with Crippen molar-refractivity contribution in [2.24, 2.45) is 12.2 Å². The van der Waals surface area contributed by atoms with Crippen molar-refractivity contribution in [2.45, 2.75) is 24.8 Å². The molecule has 0 atom stereocenters. The van der Waals surface area contributed by atoms with Crippen molar-refractivity contribution in [2.75, 3.05) is 5.32 Å². The molecule has 0 saturated carbocycles. The number of hydrogen-bond donors (Lipinski definition) is 2. The van der Waals surface area contributed by atoms with E-state index in [1.54, 1.807) is 4.68 Å². The number of nitrogens with zero attached hydrogens (tertiary/aromatic N) is 2. The van der Waals surface area contributed by atoms with Crippen LogP contribution in [0.4, 0.5) is 5.69 Å². The van der Waals surface area contributed by atoms with Crippen molar-refractivity contribution in [1.29, 1.82) is 0 Å². The average Bonchev–Trinajstić information content (AvgIpc) is 2.76. The highest BCUT2D eigenvalue weighted by Crippen LogP contribution is 2.25. The van der Waals surface area contributed by atoms with Crippen LogP contribution >= 0.6 is 11.6 Å². The van der Waals surface area contributed by atoms with Crippen molar-refractivity contribution in [1.82, 2.24) is 9.78 Å². The van der Waals surface area contributed by atoms with Crippen molar-refractivity contribution in [3.63, 3.8) is 0 Å². The molecule has 21 heavy (non-hydrogen) atoms. The fourth-order valence-corrected chi connectivity index (χ4v) is 2.76. The van der Waals surface area contributed by atoms with E-state index in [1.807, 2.05) is 20.2 Å². The van der Waals surface area contributed by atoms with Crippen LogP contribution in [0.5, 0.6) is 0 Å². The third-order valence-corrected chi connectivity index (χ3v) is 4.30. The summed E-state index contributed by atoms with van der Waals surface area (Å²) in [7, 11) is -1.89. The van der Waals surface area contributed by atoms with E-state index >= 15 is 0 Å². The topological polar surface area (TPSA) is 90.0 Å². The molecule has 2 aromatic rings. The molecule has 0 aliphatic heterocycles. The molecule has 0 unspecified atom stereocenters. The molecule has 0 aliphatic rings. The van der Waals surface area contributed by atoms with Crippen LogP contribution in [0.3, 0.4) is 0 Å². The molecule has 0 bridgehead atoms. The summed E-state index contributed by atoms with van der Waals surface area (Å²) in [6.07, 6.45) is 2.74. The number of primary sulfonamides is 1. The molecule has 6 nitrogen and oxygen atoms in total. The van der Waals surface area contributed by atoms with Gasteiger partial charge in [-0.3, -0.25) is 4.68 Å². The Balaban J connectivity index is 2.23. The Hall–Kier alpha value is -1.57. The quantitative estimate of drug-likeness (QED) is 0.877. The Morgan fingerprint density at radius 3 is 2.76 bits per heavy atom. The van der Waals surface area contributed by atoms with E-state index in [-0.39, 0.29) is 4.90 Å². The van der Waals surface area contributed by atoms with Gasteiger partial charge in [-0.15, -0.1) is 0 Å². The molecule has 0 amide bonds. The second-order valence-electron chi connectivity index (χ2n) is 4.67. The molecular formula is C13H17ClN4O2S. The van der Waals surface area contributed by atoms with Gasteiger partial charge in [-0.25, -0.2) is 13.6 Å². The highest BCUT2D eigenvalue weighted by Gasteiger charge is 2.12. The molecule has 114 valence electrons. The SMILES string of the molecule is CCc1nn(C)cc1CNc1cc(S(N)(=O)=O)ccc1Cl. The Morgan fingerprint density at radius 2 is 2.14 bits per heavy atom. The summed E-state index contributed by atoms with van der Waals surface area (Å²) in [4.78, 5) is 0.0244. The first-order valence-corrected chi connectivity index (χ1v) is 8.31. The lowest BCUT2D eigenvalue weighted by atomic mass is 10.2. The first kappa shape index (κ1) is 15.8. The summed E-state index contributed by atoms with van der Waals surface area (Å²) in [5.41, 5.74) is 2.55. The number of nitrogens with one attached hydrogen (secondary N) is 1. The van der Waals surface area contributed by atoms with Crippen LogP contribution in [0.2, 0.25) is 5.02 Å². The van der Waals surface area contributed by atoms with Gasteiger partial charge in [-0.1, -0.05) is 18.5 Å². The highest BCUT2D eigenvalue weighted by atomic mass is 35.5. The van der Waals surface area contributed by atoms with E-state index in [9.17, 15) is 8.42 Å². The minimum atomic E-state index is -3.75. The van der Waals surface area contributed by atoms with Crippen molar-refractivity contribution < 1.29 is 8.42 Å². The molecule has 1 aromatic carbocycles. The summed E-state index contributed by atoms with van der Waals surface area (Å²) in [6.45, 7) is 2.53. The van der Waals surface area contributed by atoms with Gasteiger partial charge in [0.1, 0.15) is 0 Å². The van der Waals surface area contributed by atoms with Gasteiger partial charge in [-0.05, 0) is 24.6 Å². The lowest BCUT2D eigenvalue weighted by molar-refractivity contribution is 0.598. The van der Waals surface area contributed by atoms with Crippen molar-refractivity contribution >= 4 is 27.3 Å². The molecule has 8 heteroatoms. The number of hydrogen-bond acceptors (Lipinski definition) is 4. The standard InChI is InChI=1S/C13H17ClN4O2S/c1-3-12-9(8-18(2)17-12)7-16-13-6-10(21(15,19)20)4-5-11(13)14/h4-6,8,16H,3,7H2,1-2H3,(H2,15,19,20). The zero-order valence-electron chi connectivity index (χ0n) is 11.8. The molecule has 3 N–H and O–H groups in total. The number of aromatic nitrogens is 2. The van der Waals surface area contributed by atoms with Gasteiger partial charge in [0.05, 0.1) is 21.3 Å². The Labute approximate surface area is 129 Å². The lowest BCUT2D eigenvalue weighted by Gasteiger charge is -2.09. The van der Waals surface area contributed by atoms with Crippen LogP contribution in [-0.2, 0) is 30.0 Å². The maximum absolute atomic E-state index is 11.4. The van der Waals surface area contributed by atoms with E-state index in [0.717, 1.165) is 17.7 Å². The normalized spacial score (nSPS) is 11.6. The minimum absolute atomic E-state index is 0.0244. The van der Waals surface area contributed by atoms with Gasteiger partial charge in [0.2, 0.25) is 10.0 Å². The van der Waals surface area contributed by atoms with E-state index in [0.29, 0.717) is 17.3 Å². The summed E-state index contributed by atoms with van der Waals surface area (Å²) in [5.74, 6) is 0. The lowest BCUT2D eigenvalue weighted by Crippen LogP contribution is -2.12. The zero-order chi connectivity index (χ0) is 15.6. The molecule has 0 radical (unpaired) electrons. The summed E-state index contributed by atoms with van der Waals surface area (Å²) in [6, 6.07) is 4.32. The van der Waals surface area contributed by atoms with Crippen molar-refractivity contribution in [3.05, 3.63) is 40.7 Å². The number of anilines is 1. The Morgan fingerprint density at radius 1 is 1.43 bits per heavy atom. The highest BCUT2D eigenvalue weighted by molar-refractivity contribution is 7.89. The molecule has 1 aromatic heterocycles. The molecular weight excluding hydrogens is 312 g/mol. The minimum Gasteiger partial charge on any atom is -0.380 e. The molecule has 2 rings (SSSR count). The van der Waals surface area contributed by atoms with E-state index in [2.05, 4.69) is 10.4 Å². The maximum atomic E-state index is 11.4. The average molecular weight is 329 g/mol. The van der Waals surface area contributed by atoms with Gasteiger partial charge >= 0.3 is 0 Å². The molecule has 0 spiro atoms. The van der Waals surface area contributed by atoms with E-state index < -0.39 is 10.0 Å².